The molecule has 1 amide bonds. The number of amides is 1. The molecule has 116 valence electrons. The van der Waals surface area contributed by atoms with E-state index in [1.165, 1.54) is 0 Å². The van der Waals surface area contributed by atoms with Crippen LogP contribution in [0.5, 0.6) is 11.5 Å². The van der Waals surface area contributed by atoms with Crippen molar-refractivity contribution in [1.82, 2.24) is 5.32 Å². The van der Waals surface area contributed by atoms with E-state index < -0.39 is 6.10 Å². The molecular formula is C16H24N2O3. The molecular weight excluding hydrogens is 268 g/mol. The molecule has 1 aromatic carbocycles. The fraction of sp³-hybridized carbons (Fsp3) is 0.438. The second-order valence-corrected chi connectivity index (χ2v) is 4.96. The number of methoxy groups -OCH3 is 1. The molecule has 0 saturated heterocycles. The normalized spacial score (nSPS) is 13.1. The number of nitrogens with one attached hydrogen (secondary N) is 1. The van der Waals surface area contributed by atoms with Crippen LogP contribution in [0.1, 0.15) is 19.4 Å². The summed E-state index contributed by atoms with van der Waals surface area (Å²) >= 11 is 0. The summed E-state index contributed by atoms with van der Waals surface area (Å²) in [7, 11) is 1.57. The van der Waals surface area contributed by atoms with Crippen molar-refractivity contribution in [3.8, 4) is 11.5 Å². The first-order valence-corrected chi connectivity index (χ1v) is 6.95. The molecule has 2 atom stereocenters. The number of rotatable bonds is 8. The largest absolute Gasteiger partial charge is 0.493 e. The lowest BCUT2D eigenvalue weighted by Gasteiger charge is -2.17. The molecule has 21 heavy (non-hydrogen) atoms. The van der Waals surface area contributed by atoms with Crippen LogP contribution in [0.4, 0.5) is 0 Å². The van der Waals surface area contributed by atoms with Crippen molar-refractivity contribution in [2.24, 2.45) is 5.73 Å². The minimum Gasteiger partial charge on any atom is -0.493 e. The third-order valence-electron chi connectivity index (χ3n) is 2.88. The first-order valence-electron chi connectivity index (χ1n) is 6.95. The van der Waals surface area contributed by atoms with E-state index in [9.17, 15) is 4.79 Å². The molecule has 5 nitrogen and oxygen atoms in total. The minimum absolute atomic E-state index is 0.0741. The van der Waals surface area contributed by atoms with Gasteiger partial charge in [0.15, 0.2) is 17.6 Å². The lowest BCUT2D eigenvalue weighted by Crippen LogP contribution is -2.36. The molecule has 2 unspecified atom stereocenters. The Bertz CT molecular complexity index is 486. The van der Waals surface area contributed by atoms with Gasteiger partial charge in [0.2, 0.25) is 0 Å². The molecule has 0 saturated carbocycles. The summed E-state index contributed by atoms with van der Waals surface area (Å²) in [4.78, 5) is 11.8. The Balaban J connectivity index is 2.78. The molecule has 5 heteroatoms. The first-order chi connectivity index (χ1) is 9.97. The van der Waals surface area contributed by atoms with Gasteiger partial charge in [-0.2, -0.15) is 0 Å². The molecule has 1 aromatic rings. The second-order valence-electron chi connectivity index (χ2n) is 4.96. The van der Waals surface area contributed by atoms with Gasteiger partial charge in [-0.05, 0) is 38.0 Å². The van der Waals surface area contributed by atoms with Gasteiger partial charge in [-0.3, -0.25) is 4.79 Å². The number of carbonyl (C=O) groups excluding carboxylic acids is 1. The lowest BCUT2D eigenvalue weighted by molar-refractivity contribution is -0.127. The molecule has 0 bridgehead atoms. The van der Waals surface area contributed by atoms with Crippen LogP contribution in [-0.2, 0) is 11.2 Å². The second kappa shape index (κ2) is 8.32. The Kier molecular flexibility index (Phi) is 6.75. The Morgan fingerprint density at radius 1 is 1.43 bits per heavy atom. The van der Waals surface area contributed by atoms with E-state index in [4.69, 9.17) is 15.2 Å². The van der Waals surface area contributed by atoms with E-state index in [0.717, 1.165) is 12.0 Å². The Morgan fingerprint density at radius 3 is 2.71 bits per heavy atom. The number of hydrogen-bond donors (Lipinski definition) is 2. The van der Waals surface area contributed by atoms with Crippen molar-refractivity contribution in [1.29, 1.82) is 0 Å². The third-order valence-corrected chi connectivity index (χ3v) is 2.88. The maximum absolute atomic E-state index is 11.8. The maximum atomic E-state index is 11.8. The summed E-state index contributed by atoms with van der Waals surface area (Å²) in [5, 5.41) is 2.69. The van der Waals surface area contributed by atoms with Crippen LogP contribution < -0.4 is 20.5 Å². The zero-order chi connectivity index (χ0) is 15.8. The van der Waals surface area contributed by atoms with Gasteiger partial charge >= 0.3 is 0 Å². The van der Waals surface area contributed by atoms with Gasteiger partial charge in [0.05, 0.1) is 7.11 Å². The van der Waals surface area contributed by atoms with Crippen LogP contribution in [0, 0.1) is 0 Å². The summed E-state index contributed by atoms with van der Waals surface area (Å²) in [6, 6.07) is 5.68. The molecule has 0 aliphatic carbocycles. The van der Waals surface area contributed by atoms with Crippen molar-refractivity contribution in [3.05, 3.63) is 36.4 Å². The summed E-state index contributed by atoms with van der Waals surface area (Å²) in [6.45, 7) is 7.60. The molecule has 1 rings (SSSR count). The Morgan fingerprint density at radius 2 is 2.14 bits per heavy atom. The standard InChI is InChI=1S/C16H24N2O3/c1-5-8-18-16(19)12(3)21-14-7-6-13(9-11(2)17)10-15(14)20-4/h5-7,10-12H,1,8-9,17H2,2-4H3,(H,18,19). The van der Waals surface area contributed by atoms with E-state index >= 15 is 0 Å². The van der Waals surface area contributed by atoms with Crippen molar-refractivity contribution < 1.29 is 14.3 Å². The van der Waals surface area contributed by atoms with Gasteiger partial charge in [-0.25, -0.2) is 0 Å². The van der Waals surface area contributed by atoms with E-state index in [0.29, 0.717) is 18.0 Å². The highest BCUT2D eigenvalue weighted by Gasteiger charge is 2.16. The van der Waals surface area contributed by atoms with E-state index in [-0.39, 0.29) is 11.9 Å². The third kappa shape index (κ3) is 5.47. The van der Waals surface area contributed by atoms with Gasteiger partial charge in [-0.1, -0.05) is 12.1 Å². The molecule has 0 heterocycles. The number of nitrogens with two attached hydrogens (primary N) is 1. The van der Waals surface area contributed by atoms with Gasteiger partial charge in [0.1, 0.15) is 0 Å². The summed E-state index contributed by atoms with van der Waals surface area (Å²) in [5.74, 6) is 0.931. The molecule has 0 aliphatic rings. The van der Waals surface area contributed by atoms with Crippen LogP contribution in [0.15, 0.2) is 30.9 Å². The van der Waals surface area contributed by atoms with Crippen molar-refractivity contribution in [2.45, 2.75) is 32.4 Å². The smallest absolute Gasteiger partial charge is 0.261 e. The lowest BCUT2D eigenvalue weighted by atomic mass is 10.1. The Labute approximate surface area is 126 Å². The molecule has 0 aliphatic heterocycles. The van der Waals surface area contributed by atoms with E-state index in [1.807, 2.05) is 19.1 Å². The molecule has 0 spiro atoms. The van der Waals surface area contributed by atoms with E-state index in [2.05, 4.69) is 11.9 Å². The van der Waals surface area contributed by atoms with Crippen molar-refractivity contribution in [3.63, 3.8) is 0 Å². The SMILES string of the molecule is C=CCNC(=O)C(C)Oc1ccc(CC(C)N)cc1OC. The topological polar surface area (TPSA) is 73.6 Å². The van der Waals surface area contributed by atoms with Gasteiger partial charge in [0, 0.05) is 12.6 Å². The van der Waals surface area contributed by atoms with Gasteiger partial charge < -0.3 is 20.5 Å². The quantitative estimate of drug-likeness (QED) is 0.715. The molecule has 0 aromatic heterocycles. The van der Waals surface area contributed by atoms with Crippen molar-refractivity contribution >= 4 is 5.91 Å². The predicted molar refractivity (Wildman–Crippen MR) is 83.6 cm³/mol. The van der Waals surface area contributed by atoms with Crippen LogP contribution in [0.3, 0.4) is 0 Å². The number of carbonyl (C=O) groups is 1. The minimum atomic E-state index is -0.613. The van der Waals surface area contributed by atoms with Crippen LogP contribution >= 0.6 is 0 Å². The van der Waals surface area contributed by atoms with Crippen LogP contribution in [0.25, 0.3) is 0 Å². The van der Waals surface area contributed by atoms with E-state index in [1.54, 1.807) is 26.2 Å². The fourth-order valence-electron chi connectivity index (χ4n) is 1.87. The molecule has 0 fully saturated rings. The predicted octanol–water partition coefficient (Wildman–Crippen LogP) is 1.65. The fourth-order valence-corrected chi connectivity index (χ4v) is 1.87. The van der Waals surface area contributed by atoms with Crippen LogP contribution in [-0.4, -0.2) is 31.7 Å². The number of benzene rings is 1. The summed E-state index contributed by atoms with van der Waals surface area (Å²) in [6.07, 6.45) is 1.76. The Hall–Kier alpha value is -2.01. The molecule has 0 radical (unpaired) electrons. The first kappa shape index (κ1) is 17.0. The highest BCUT2D eigenvalue weighted by molar-refractivity contribution is 5.80. The number of hydrogen-bond acceptors (Lipinski definition) is 4. The van der Waals surface area contributed by atoms with Crippen LogP contribution in [0.2, 0.25) is 0 Å². The monoisotopic (exact) mass is 292 g/mol. The zero-order valence-corrected chi connectivity index (χ0v) is 12.9. The molecule has 3 N–H and O–H groups in total. The zero-order valence-electron chi connectivity index (χ0n) is 12.9. The average molecular weight is 292 g/mol. The number of ether oxygens (including phenoxy) is 2. The van der Waals surface area contributed by atoms with Gasteiger partial charge in [-0.15, -0.1) is 6.58 Å². The van der Waals surface area contributed by atoms with Gasteiger partial charge in [0.25, 0.3) is 5.91 Å². The summed E-state index contributed by atoms with van der Waals surface area (Å²) < 4.78 is 11.0. The highest BCUT2D eigenvalue weighted by atomic mass is 16.5. The maximum Gasteiger partial charge on any atom is 0.261 e. The summed E-state index contributed by atoms with van der Waals surface area (Å²) in [5.41, 5.74) is 6.86. The highest BCUT2D eigenvalue weighted by Crippen LogP contribution is 2.29. The average Bonchev–Trinajstić information content (AvgIpc) is 2.45. The van der Waals surface area contributed by atoms with Crippen molar-refractivity contribution in [2.75, 3.05) is 13.7 Å².